The molecule has 3 rings (SSSR count). The molecule has 1 aromatic heterocycles. The smallest absolute Gasteiger partial charge is 0.275 e. The van der Waals surface area contributed by atoms with Crippen molar-refractivity contribution in [3.8, 4) is 0 Å². The van der Waals surface area contributed by atoms with E-state index in [0.717, 1.165) is 5.39 Å². The normalized spacial score (nSPS) is 11.3. The molecule has 3 aromatic rings. The molecular formula is C18H17F2N3O. The van der Waals surface area contributed by atoms with E-state index in [9.17, 15) is 13.6 Å². The molecule has 1 heterocycles. The van der Waals surface area contributed by atoms with E-state index >= 15 is 0 Å². The van der Waals surface area contributed by atoms with Crippen molar-refractivity contribution in [3.05, 3.63) is 76.2 Å². The van der Waals surface area contributed by atoms with Crippen LogP contribution in [-0.4, -0.2) is 21.2 Å². The first kappa shape index (κ1) is 16.3. The second kappa shape index (κ2) is 6.88. The van der Waals surface area contributed by atoms with E-state index < -0.39 is 11.6 Å². The SMILES string of the molecule is CCN(Cc1c(F)cccc1F)Cn1ncc2ccccc2c1=O. The molecule has 124 valence electrons. The fraction of sp³-hybridized carbons (Fsp3) is 0.222. The second-order valence-corrected chi connectivity index (χ2v) is 5.52. The van der Waals surface area contributed by atoms with E-state index in [2.05, 4.69) is 5.10 Å². The topological polar surface area (TPSA) is 38.1 Å². The Kier molecular flexibility index (Phi) is 4.66. The third kappa shape index (κ3) is 3.19. The van der Waals surface area contributed by atoms with Gasteiger partial charge in [0.15, 0.2) is 0 Å². The van der Waals surface area contributed by atoms with Gasteiger partial charge in [-0.15, -0.1) is 0 Å². The van der Waals surface area contributed by atoms with Crippen LogP contribution in [0, 0.1) is 11.6 Å². The van der Waals surface area contributed by atoms with Crippen molar-refractivity contribution in [2.45, 2.75) is 20.1 Å². The van der Waals surface area contributed by atoms with E-state index in [0.29, 0.717) is 11.9 Å². The minimum atomic E-state index is -0.590. The minimum Gasteiger partial charge on any atom is -0.280 e. The van der Waals surface area contributed by atoms with Gasteiger partial charge in [0, 0.05) is 17.5 Å². The molecule has 2 aromatic carbocycles. The Labute approximate surface area is 138 Å². The van der Waals surface area contributed by atoms with Gasteiger partial charge in [-0.3, -0.25) is 9.69 Å². The lowest BCUT2D eigenvalue weighted by Gasteiger charge is -2.21. The molecular weight excluding hydrogens is 312 g/mol. The second-order valence-electron chi connectivity index (χ2n) is 5.52. The van der Waals surface area contributed by atoms with Crippen molar-refractivity contribution in [3.63, 3.8) is 0 Å². The van der Waals surface area contributed by atoms with Gasteiger partial charge in [0.25, 0.3) is 5.56 Å². The Balaban J connectivity index is 1.88. The number of rotatable bonds is 5. The maximum atomic E-state index is 13.8. The lowest BCUT2D eigenvalue weighted by molar-refractivity contribution is 0.199. The van der Waals surface area contributed by atoms with Crippen molar-refractivity contribution < 1.29 is 8.78 Å². The summed E-state index contributed by atoms with van der Waals surface area (Å²) in [5.41, 5.74) is -0.228. The first-order valence-corrected chi connectivity index (χ1v) is 7.70. The molecule has 0 atom stereocenters. The van der Waals surface area contributed by atoms with Crippen LogP contribution in [0.1, 0.15) is 12.5 Å². The quantitative estimate of drug-likeness (QED) is 0.722. The summed E-state index contributed by atoms with van der Waals surface area (Å²) in [5.74, 6) is -1.18. The fourth-order valence-electron chi connectivity index (χ4n) is 2.59. The van der Waals surface area contributed by atoms with Gasteiger partial charge in [-0.25, -0.2) is 13.5 Å². The van der Waals surface area contributed by atoms with Crippen molar-refractivity contribution in [2.75, 3.05) is 6.54 Å². The highest BCUT2D eigenvalue weighted by atomic mass is 19.1. The highest BCUT2D eigenvalue weighted by molar-refractivity contribution is 5.80. The zero-order valence-corrected chi connectivity index (χ0v) is 13.2. The van der Waals surface area contributed by atoms with E-state index in [4.69, 9.17) is 0 Å². The average Bonchev–Trinajstić information content (AvgIpc) is 2.59. The summed E-state index contributed by atoms with van der Waals surface area (Å²) in [4.78, 5) is 14.2. The zero-order chi connectivity index (χ0) is 17.1. The van der Waals surface area contributed by atoms with Gasteiger partial charge in [0.1, 0.15) is 11.6 Å². The number of hydrogen-bond acceptors (Lipinski definition) is 3. The van der Waals surface area contributed by atoms with Gasteiger partial charge in [0.05, 0.1) is 18.3 Å². The molecule has 0 unspecified atom stereocenters. The molecule has 0 radical (unpaired) electrons. The van der Waals surface area contributed by atoms with Gasteiger partial charge in [-0.2, -0.15) is 5.10 Å². The first-order valence-electron chi connectivity index (χ1n) is 7.70. The third-order valence-corrected chi connectivity index (χ3v) is 3.99. The van der Waals surface area contributed by atoms with Gasteiger partial charge < -0.3 is 0 Å². The van der Waals surface area contributed by atoms with Gasteiger partial charge >= 0.3 is 0 Å². The summed E-state index contributed by atoms with van der Waals surface area (Å²) < 4.78 is 29.0. The Morgan fingerprint density at radius 1 is 1.08 bits per heavy atom. The van der Waals surface area contributed by atoms with Crippen LogP contribution in [0.25, 0.3) is 10.8 Å². The van der Waals surface area contributed by atoms with Crippen LogP contribution >= 0.6 is 0 Å². The predicted octanol–water partition coefficient (Wildman–Crippen LogP) is 3.15. The van der Waals surface area contributed by atoms with Crippen LogP contribution in [-0.2, 0) is 13.2 Å². The molecule has 0 amide bonds. The molecule has 0 saturated carbocycles. The Bertz CT molecular complexity index is 903. The van der Waals surface area contributed by atoms with Gasteiger partial charge in [0.2, 0.25) is 0 Å². The lowest BCUT2D eigenvalue weighted by Crippen LogP contribution is -2.34. The van der Waals surface area contributed by atoms with E-state index in [1.165, 1.54) is 22.9 Å². The van der Waals surface area contributed by atoms with Crippen LogP contribution in [0.5, 0.6) is 0 Å². The van der Waals surface area contributed by atoms with Crippen molar-refractivity contribution in [2.24, 2.45) is 0 Å². The number of benzene rings is 2. The number of hydrogen-bond donors (Lipinski definition) is 0. The third-order valence-electron chi connectivity index (χ3n) is 3.99. The molecule has 0 fully saturated rings. The Hall–Kier alpha value is -2.60. The molecule has 6 heteroatoms. The largest absolute Gasteiger partial charge is 0.280 e. The Morgan fingerprint density at radius 3 is 2.50 bits per heavy atom. The molecule has 0 N–H and O–H groups in total. The molecule has 0 spiro atoms. The lowest BCUT2D eigenvalue weighted by atomic mass is 10.2. The molecule has 0 aliphatic carbocycles. The van der Waals surface area contributed by atoms with E-state index in [-0.39, 0.29) is 24.3 Å². The highest BCUT2D eigenvalue weighted by Gasteiger charge is 2.14. The van der Waals surface area contributed by atoms with Crippen LogP contribution in [0.15, 0.2) is 53.5 Å². The monoisotopic (exact) mass is 329 g/mol. The van der Waals surface area contributed by atoms with Crippen LogP contribution in [0.3, 0.4) is 0 Å². The van der Waals surface area contributed by atoms with Gasteiger partial charge in [-0.05, 0) is 24.7 Å². The summed E-state index contributed by atoms with van der Waals surface area (Å²) in [6.45, 7) is 2.61. The van der Waals surface area contributed by atoms with Crippen molar-refractivity contribution in [1.29, 1.82) is 0 Å². The summed E-state index contributed by atoms with van der Waals surface area (Å²) in [6, 6.07) is 11.0. The van der Waals surface area contributed by atoms with Crippen LogP contribution < -0.4 is 5.56 Å². The molecule has 0 bridgehead atoms. The summed E-state index contributed by atoms with van der Waals surface area (Å²) in [6.07, 6.45) is 1.62. The molecule has 0 saturated heterocycles. The summed E-state index contributed by atoms with van der Waals surface area (Å²) >= 11 is 0. The predicted molar refractivity (Wildman–Crippen MR) is 88.4 cm³/mol. The summed E-state index contributed by atoms with van der Waals surface area (Å²) in [7, 11) is 0. The van der Waals surface area contributed by atoms with E-state index in [1.54, 1.807) is 23.2 Å². The number of fused-ring (bicyclic) bond motifs is 1. The standard InChI is InChI=1S/C18H17F2N3O/c1-2-22(11-15-16(19)8-5-9-17(15)20)12-23-18(24)14-7-4-3-6-13(14)10-21-23/h3-10H,2,11-12H2,1H3. The van der Waals surface area contributed by atoms with Crippen LogP contribution in [0.4, 0.5) is 8.78 Å². The number of nitrogens with zero attached hydrogens (tertiary/aromatic N) is 3. The van der Waals surface area contributed by atoms with Crippen molar-refractivity contribution >= 4 is 10.8 Å². The van der Waals surface area contributed by atoms with E-state index in [1.807, 2.05) is 19.1 Å². The zero-order valence-electron chi connectivity index (χ0n) is 13.2. The van der Waals surface area contributed by atoms with Crippen LogP contribution in [0.2, 0.25) is 0 Å². The van der Waals surface area contributed by atoms with Gasteiger partial charge in [-0.1, -0.05) is 31.2 Å². The number of aromatic nitrogens is 2. The fourth-order valence-corrected chi connectivity index (χ4v) is 2.59. The molecule has 4 nitrogen and oxygen atoms in total. The maximum absolute atomic E-state index is 13.8. The van der Waals surface area contributed by atoms with Crippen molar-refractivity contribution in [1.82, 2.24) is 14.7 Å². The maximum Gasteiger partial charge on any atom is 0.275 e. The highest BCUT2D eigenvalue weighted by Crippen LogP contribution is 2.15. The molecule has 24 heavy (non-hydrogen) atoms. The molecule has 0 aliphatic rings. The minimum absolute atomic E-state index is 0.00631. The first-order chi connectivity index (χ1) is 11.6. The average molecular weight is 329 g/mol. The molecule has 0 aliphatic heterocycles. The summed E-state index contributed by atoms with van der Waals surface area (Å²) in [5, 5.41) is 5.49. The Morgan fingerprint density at radius 2 is 1.79 bits per heavy atom. The number of halogens is 2.